The second-order valence-corrected chi connectivity index (χ2v) is 5.98. The number of anilines is 1. The van der Waals surface area contributed by atoms with Gasteiger partial charge in [-0.1, -0.05) is 30.8 Å². The van der Waals surface area contributed by atoms with Gasteiger partial charge in [-0.25, -0.2) is 14.8 Å². The quantitative estimate of drug-likeness (QED) is 0.652. The number of hydrogen-bond acceptors (Lipinski definition) is 5. The van der Waals surface area contributed by atoms with E-state index in [0.717, 1.165) is 28.7 Å². The molecule has 0 aliphatic rings. The zero-order valence-corrected chi connectivity index (χ0v) is 13.7. The first-order valence-corrected chi connectivity index (χ1v) is 7.98. The zero-order valence-electron chi connectivity index (χ0n) is 12.9. The predicted octanol–water partition coefficient (Wildman–Crippen LogP) is 3.10. The molecule has 0 aliphatic carbocycles. The minimum atomic E-state index is -0.909. The van der Waals surface area contributed by atoms with Crippen LogP contribution in [0.1, 0.15) is 28.5 Å². The number of nitrogens with zero attached hydrogens (tertiary/aromatic N) is 3. The Balaban J connectivity index is 2.10. The molecule has 0 saturated heterocycles. The van der Waals surface area contributed by atoms with Crippen LogP contribution in [0.2, 0.25) is 0 Å². The fraction of sp³-hybridized carbons (Fsp3) is 0.312. The number of rotatable bonds is 6. The fourth-order valence-electron chi connectivity index (χ4n) is 1.83. The second-order valence-electron chi connectivity index (χ2n) is 5.04. The average Bonchev–Trinajstić information content (AvgIpc) is 2.52. The van der Waals surface area contributed by atoms with Crippen LogP contribution in [0.4, 0.5) is 5.82 Å². The van der Waals surface area contributed by atoms with Gasteiger partial charge in [0.15, 0.2) is 5.16 Å². The maximum absolute atomic E-state index is 10.8. The number of aromatic carboxylic acids is 1. The van der Waals surface area contributed by atoms with Crippen molar-refractivity contribution in [1.29, 1.82) is 0 Å². The number of hydrogen-bond donors (Lipinski definition) is 1. The lowest BCUT2D eigenvalue weighted by Gasteiger charge is -2.13. The first-order chi connectivity index (χ1) is 10.5. The Hall–Kier alpha value is -2.08. The van der Waals surface area contributed by atoms with Gasteiger partial charge in [-0.3, -0.25) is 0 Å². The van der Waals surface area contributed by atoms with Crippen molar-refractivity contribution in [2.75, 3.05) is 19.0 Å². The van der Waals surface area contributed by atoms with Crippen molar-refractivity contribution in [2.45, 2.75) is 24.3 Å². The summed E-state index contributed by atoms with van der Waals surface area (Å²) in [5.41, 5.74) is 2.36. The number of aromatic nitrogens is 2. The number of benzene rings is 1. The van der Waals surface area contributed by atoms with E-state index in [1.54, 1.807) is 23.9 Å². The fourth-order valence-corrected chi connectivity index (χ4v) is 2.65. The van der Waals surface area contributed by atoms with Gasteiger partial charge in [0.25, 0.3) is 0 Å². The highest BCUT2D eigenvalue weighted by molar-refractivity contribution is 7.98. The lowest BCUT2D eigenvalue weighted by molar-refractivity contribution is 0.0697. The Kier molecular flexibility index (Phi) is 5.38. The molecular formula is C16H19N3O2S. The maximum Gasteiger partial charge on any atom is 0.335 e. The summed E-state index contributed by atoms with van der Waals surface area (Å²) in [6, 6.07) is 8.88. The van der Waals surface area contributed by atoms with Gasteiger partial charge in [0.1, 0.15) is 5.82 Å². The number of thioether (sulfide) groups is 1. The third-order valence-electron chi connectivity index (χ3n) is 3.13. The normalized spacial score (nSPS) is 10.5. The van der Waals surface area contributed by atoms with Gasteiger partial charge in [0.05, 0.1) is 5.56 Å². The van der Waals surface area contributed by atoms with Crippen LogP contribution in [0.15, 0.2) is 35.5 Å². The summed E-state index contributed by atoms with van der Waals surface area (Å²) < 4.78 is 0. The van der Waals surface area contributed by atoms with Gasteiger partial charge in [-0.2, -0.15) is 0 Å². The molecule has 2 rings (SSSR count). The largest absolute Gasteiger partial charge is 0.478 e. The van der Waals surface area contributed by atoms with Crippen LogP contribution in [0.5, 0.6) is 0 Å². The van der Waals surface area contributed by atoms with Crippen LogP contribution in [0.3, 0.4) is 0 Å². The summed E-state index contributed by atoms with van der Waals surface area (Å²) in [6.45, 7) is 2.07. The Morgan fingerprint density at radius 1 is 1.23 bits per heavy atom. The van der Waals surface area contributed by atoms with Crippen molar-refractivity contribution in [3.05, 3.63) is 47.2 Å². The van der Waals surface area contributed by atoms with E-state index in [0.29, 0.717) is 11.3 Å². The third kappa shape index (κ3) is 4.21. The van der Waals surface area contributed by atoms with E-state index in [-0.39, 0.29) is 0 Å². The molecule has 1 aromatic heterocycles. The number of carboxylic acid groups (broad SMARTS) is 1. The molecule has 116 valence electrons. The van der Waals surface area contributed by atoms with Crippen molar-refractivity contribution >= 4 is 23.5 Å². The van der Waals surface area contributed by atoms with Crippen LogP contribution >= 0.6 is 11.8 Å². The summed E-state index contributed by atoms with van der Waals surface area (Å²) >= 11 is 1.55. The van der Waals surface area contributed by atoms with Gasteiger partial charge < -0.3 is 10.0 Å². The molecule has 22 heavy (non-hydrogen) atoms. The van der Waals surface area contributed by atoms with Gasteiger partial charge in [-0.05, 0) is 24.1 Å². The Morgan fingerprint density at radius 2 is 1.91 bits per heavy atom. The molecule has 1 heterocycles. The highest BCUT2D eigenvalue weighted by Crippen LogP contribution is 2.22. The molecule has 0 fully saturated rings. The van der Waals surface area contributed by atoms with Crippen molar-refractivity contribution in [2.24, 2.45) is 0 Å². The molecule has 0 aliphatic heterocycles. The number of carboxylic acids is 1. The van der Waals surface area contributed by atoms with Crippen molar-refractivity contribution in [1.82, 2.24) is 9.97 Å². The third-order valence-corrected chi connectivity index (χ3v) is 4.05. The van der Waals surface area contributed by atoms with E-state index >= 15 is 0 Å². The molecule has 1 aromatic carbocycles. The SMILES string of the molecule is CCc1cc(N(C)C)nc(SCc2ccc(C(=O)O)cc2)n1. The summed E-state index contributed by atoms with van der Waals surface area (Å²) in [5.74, 6) is 0.698. The molecule has 0 bridgehead atoms. The van der Waals surface area contributed by atoms with Crippen molar-refractivity contribution < 1.29 is 9.90 Å². The predicted molar refractivity (Wildman–Crippen MR) is 88.7 cm³/mol. The first-order valence-electron chi connectivity index (χ1n) is 7.00. The number of aryl methyl sites for hydroxylation is 1. The molecule has 0 atom stereocenters. The Bertz CT molecular complexity index is 657. The maximum atomic E-state index is 10.8. The van der Waals surface area contributed by atoms with Gasteiger partial charge in [0.2, 0.25) is 0 Å². The first kappa shape index (κ1) is 16.3. The Labute approximate surface area is 134 Å². The molecule has 0 radical (unpaired) electrons. The smallest absolute Gasteiger partial charge is 0.335 e. The van der Waals surface area contributed by atoms with Crippen molar-refractivity contribution in [3.8, 4) is 0 Å². The number of carbonyl (C=O) groups is 1. The molecule has 5 nitrogen and oxygen atoms in total. The molecular weight excluding hydrogens is 298 g/mol. The van der Waals surface area contributed by atoms with E-state index < -0.39 is 5.97 Å². The minimum Gasteiger partial charge on any atom is -0.478 e. The molecule has 6 heteroatoms. The topological polar surface area (TPSA) is 66.3 Å². The average molecular weight is 317 g/mol. The summed E-state index contributed by atoms with van der Waals surface area (Å²) in [6.07, 6.45) is 0.865. The summed E-state index contributed by atoms with van der Waals surface area (Å²) in [5, 5.41) is 9.64. The highest BCUT2D eigenvalue weighted by Gasteiger charge is 2.07. The van der Waals surface area contributed by atoms with E-state index in [2.05, 4.69) is 16.9 Å². The van der Waals surface area contributed by atoms with E-state index in [4.69, 9.17) is 5.11 Å². The molecule has 0 unspecified atom stereocenters. The highest BCUT2D eigenvalue weighted by atomic mass is 32.2. The van der Waals surface area contributed by atoms with Crippen LogP contribution < -0.4 is 4.90 Å². The van der Waals surface area contributed by atoms with Crippen molar-refractivity contribution in [3.63, 3.8) is 0 Å². The van der Waals surface area contributed by atoms with Crippen LogP contribution in [-0.4, -0.2) is 35.1 Å². The zero-order chi connectivity index (χ0) is 16.1. The standard InChI is InChI=1S/C16H19N3O2S/c1-4-13-9-14(19(2)3)18-16(17-13)22-10-11-5-7-12(8-6-11)15(20)21/h5-9H,4,10H2,1-3H3,(H,20,21). The molecule has 1 N–H and O–H groups in total. The van der Waals surface area contributed by atoms with Gasteiger partial charge >= 0.3 is 5.97 Å². The molecule has 0 saturated carbocycles. The molecule has 2 aromatic rings. The Morgan fingerprint density at radius 3 is 2.45 bits per heavy atom. The minimum absolute atomic E-state index is 0.299. The van der Waals surface area contributed by atoms with E-state index in [1.807, 2.05) is 37.2 Å². The lowest BCUT2D eigenvalue weighted by atomic mass is 10.1. The van der Waals surface area contributed by atoms with Gasteiger partial charge in [-0.15, -0.1) is 0 Å². The van der Waals surface area contributed by atoms with E-state index in [9.17, 15) is 4.79 Å². The monoisotopic (exact) mass is 317 g/mol. The molecule has 0 amide bonds. The second kappa shape index (κ2) is 7.26. The molecule has 0 spiro atoms. The summed E-state index contributed by atoms with van der Waals surface area (Å²) in [4.78, 5) is 21.8. The van der Waals surface area contributed by atoms with Crippen LogP contribution in [-0.2, 0) is 12.2 Å². The van der Waals surface area contributed by atoms with E-state index in [1.165, 1.54) is 0 Å². The van der Waals surface area contributed by atoms with Crippen LogP contribution in [0.25, 0.3) is 0 Å². The lowest BCUT2D eigenvalue weighted by Crippen LogP contribution is -2.12. The van der Waals surface area contributed by atoms with Crippen LogP contribution in [0, 0.1) is 0 Å². The summed E-state index contributed by atoms with van der Waals surface area (Å²) in [7, 11) is 3.92. The van der Waals surface area contributed by atoms with Gasteiger partial charge in [0, 0.05) is 31.6 Å².